The number of hydrazone groups is 1. The van der Waals surface area contributed by atoms with Crippen molar-refractivity contribution in [2.45, 2.75) is 18.7 Å². The van der Waals surface area contributed by atoms with Crippen LogP contribution in [-0.2, 0) is 0 Å². The first-order valence-electron chi connectivity index (χ1n) is 10.0. The molecule has 3 aliphatic heterocycles. The van der Waals surface area contributed by atoms with Gasteiger partial charge in [-0.25, -0.2) is 5.01 Å². The van der Waals surface area contributed by atoms with Gasteiger partial charge in [0.1, 0.15) is 19.0 Å². The van der Waals surface area contributed by atoms with Crippen molar-refractivity contribution in [3.8, 4) is 17.2 Å². The van der Waals surface area contributed by atoms with Crippen molar-refractivity contribution in [1.82, 2.24) is 5.01 Å². The first-order valence-corrected chi connectivity index (χ1v) is 10.8. The molecule has 0 amide bonds. The second-order valence-electron chi connectivity index (χ2n) is 7.56. The van der Waals surface area contributed by atoms with E-state index in [9.17, 15) is 0 Å². The van der Waals surface area contributed by atoms with Crippen molar-refractivity contribution in [3.05, 3.63) is 87.9 Å². The van der Waals surface area contributed by atoms with Gasteiger partial charge in [0.05, 0.1) is 11.8 Å². The van der Waals surface area contributed by atoms with Crippen LogP contribution in [-0.4, -0.2) is 23.9 Å². The molecule has 5 nitrogen and oxygen atoms in total. The molecule has 0 saturated heterocycles. The summed E-state index contributed by atoms with van der Waals surface area (Å²) < 4.78 is 18.9. The zero-order valence-corrected chi connectivity index (χ0v) is 17.7. The van der Waals surface area contributed by atoms with E-state index in [1.54, 1.807) is 0 Å². The summed E-state index contributed by atoms with van der Waals surface area (Å²) in [4.78, 5) is 0. The molecular weight excluding hydrogens is 444 g/mol. The lowest BCUT2D eigenvalue weighted by Crippen LogP contribution is -2.33. The van der Waals surface area contributed by atoms with Crippen molar-refractivity contribution >= 4 is 21.6 Å². The van der Waals surface area contributed by atoms with Crippen LogP contribution < -0.4 is 14.2 Å². The minimum absolute atomic E-state index is 0.131. The maximum Gasteiger partial charge on any atom is 0.213 e. The Bertz CT molecular complexity index is 1150. The normalized spacial score (nSPS) is 21.4. The topological polar surface area (TPSA) is 43.3 Å². The van der Waals surface area contributed by atoms with Crippen molar-refractivity contribution in [2.24, 2.45) is 5.10 Å². The second-order valence-corrected chi connectivity index (χ2v) is 8.48. The fourth-order valence-electron chi connectivity index (χ4n) is 4.28. The number of para-hydroxylation sites is 1. The molecule has 0 N–H and O–H groups in total. The third-order valence-corrected chi connectivity index (χ3v) is 6.26. The zero-order valence-electron chi connectivity index (χ0n) is 16.1. The van der Waals surface area contributed by atoms with Crippen LogP contribution in [0.1, 0.15) is 35.4 Å². The smallest absolute Gasteiger partial charge is 0.213 e. The molecule has 30 heavy (non-hydrogen) atoms. The van der Waals surface area contributed by atoms with Gasteiger partial charge < -0.3 is 14.2 Å². The molecule has 6 heteroatoms. The summed E-state index contributed by atoms with van der Waals surface area (Å²) in [6.45, 7) is 1.16. The van der Waals surface area contributed by atoms with E-state index >= 15 is 0 Å². The van der Waals surface area contributed by atoms with Gasteiger partial charge in [0.2, 0.25) is 6.23 Å². The first kappa shape index (κ1) is 17.8. The summed E-state index contributed by atoms with van der Waals surface area (Å²) in [6.07, 6.45) is 0.542. The minimum Gasteiger partial charge on any atom is -0.486 e. The van der Waals surface area contributed by atoms with E-state index in [0.29, 0.717) is 13.2 Å². The third kappa shape index (κ3) is 2.94. The Morgan fingerprint density at radius 1 is 0.867 bits per heavy atom. The molecule has 0 spiro atoms. The molecule has 0 aliphatic carbocycles. The summed E-state index contributed by atoms with van der Waals surface area (Å²) in [5.41, 5.74) is 4.33. The molecule has 3 aromatic rings. The van der Waals surface area contributed by atoms with E-state index in [-0.39, 0.29) is 12.3 Å². The fraction of sp³-hybridized carbons (Fsp3) is 0.208. The van der Waals surface area contributed by atoms with E-state index in [2.05, 4.69) is 51.3 Å². The molecule has 2 atom stereocenters. The zero-order chi connectivity index (χ0) is 20.1. The number of benzene rings is 3. The van der Waals surface area contributed by atoms with Gasteiger partial charge in [-0.1, -0.05) is 46.3 Å². The minimum atomic E-state index is -0.271. The molecule has 0 unspecified atom stereocenters. The van der Waals surface area contributed by atoms with Crippen LogP contribution in [0.25, 0.3) is 0 Å². The number of hydrogen-bond donors (Lipinski definition) is 0. The standard InChI is InChI=1S/C24H19BrN2O3/c25-17-8-5-15(6-9-17)24-27-20(18-3-1-2-4-21(18)30-24)14-19(26-27)16-7-10-22-23(13-16)29-12-11-28-22/h1-10,13,20,24H,11-12,14H2/t20-,24+/m1/s1. The van der Waals surface area contributed by atoms with Gasteiger partial charge in [-0.15, -0.1) is 0 Å². The van der Waals surface area contributed by atoms with Gasteiger partial charge in [-0.3, -0.25) is 0 Å². The maximum absolute atomic E-state index is 6.41. The highest BCUT2D eigenvalue weighted by molar-refractivity contribution is 9.10. The average Bonchev–Trinajstić information content (AvgIpc) is 3.25. The number of ether oxygens (including phenoxy) is 3. The van der Waals surface area contributed by atoms with Crippen molar-refractivity contribution in [2.75, 3.05) is 13.2 Å². The summed E-state index contributed by atoms with van der Waals surface area (Å²) in [6, 6.07) is 22.7. The highest BCUT2D eigenvalue weighted by atomic mass is 79.9. The highest BCUT2D eigenvalue weighted by Crippen LogP contribution is 2.47. The molecule has 150 valence electrons. The molecule has 0 bridgehead atoms. The van der Waals surface area contributed by atoms with Crippen LogP contribution in [0.5, 0.6) is 17.2 Å². The number of halogens is 1. The molecule has 6 rings (SSSR count). The first-order chi connectivity index (χ1) is 14.8. The van der Waals surface area contributed by atoms with Gasteiger partial charge in [-0.05, 0) is 36.4 Å². The van der Waals surface area contributed by atoms with Crippen molar-refractivity contribution in [1.29, 1.82) is 0 Å². The Kier molecular flexibility index (Phi) is 4.20. The van der Waals surface area contributed by atoms with Gasteiger partial charge in [0.15, 0.2) is 11.5 Å². The van der Waals surface area contributed by atoms with E-state index in [1.807, 2.05) is 36.4 Å². The predicted octanol–water partition coefficient (Wildman–Crippen LogP) is 5.46. The Morgan fingerprint density at radius 2 is 1.67 bits per heavy atom. The Morgan fingerprint density at radius 3 is 2.53 bits per heavy atom. The third-order valence-electron chi connectivity index (χ3n) is 5.73. The molecular formula is C24H19BrN2O3. The number of hydrogen-bond acceptors (Lipinski definition) is 5. The summed E-state index contributed by atoms with van der Waals surface area (Å²) >= 11 is 3.52. The summed E-state index contributed by atoms with van der Waals surface area (Å²) in [5, 5.41) is 7.12. The second kappa shape index (κ2) is 7.06. The Balaban J connectivity index is 1.41. The molecule has 3 heterocycles. The Hall–Kier alpha value is -2.99. The molecule has 3 aliphatic rings. The van der Waals surface area contributed by atoms with E-state index in [4.69, 9.17) is 19.3 Å². The van der Waals surface area contributed by atoms with Gasteiger partial charge >= 0.3 is 0 Å². The average molecular weight is 463 g/mol. The van der Waals surface area contributed by atoms with E-state index in [1.165, 1.54) is 5.56 Å². The molecule has 0 aromatic heterocycles. The predicted molar refractivity (Wildman–Crippen MR) is 117 cm³/mol. The van der Waals surface area contributed by atoms with E-state index in [0.717, 1.165) is 45.0 Å². The van der Waals surface area contributed by atoms with Gasteiger partial charge in [-0.2, -0.15) is 5.10 Å². The lowest BCUT2D eigenvalue weighted by Gasteiger charge is -2.38. The van der Waals surface area contributed by atoms with Gasteiger partial charge in [0, 0.05) is 27.6 Å². The number of rotatable bonds is 2. The van der Waals surface area contributed by atoms with E-state index < -0.39 is 0 Å². The lowest BCUT2D eigenvalue weighted by molar-refractivity contribution is -0.0190. The fourth-order valence-corrected chi connectivity index (χ4v) is 4.54. The van der Waals surface area contributed by atoms with Crippen LogP contribution in [0.15, 0.2) is 76.3 Å². The Labute approximate surface area is 183 Å². The van der Waals surface area contributed by atoms with Crippen LogP contribution in [0.4, 0.5) is 0 Å². The van der Waals surface area contributed by atoms with Crippen molar-refractivity contribution in [3.63, 3.8) is 0 Å². The maximum atomic E-state index is 6.41. The van der Waals surface area contributed by atoms with Crippen LogP contribution in [0.3, 0.4) is 0 Å². The molecule has 0 radical (unpaired) electrons. The van der Waals surface area contributed by atoms with Gasteiger partial charge in [0.25, 0.3) is 0 Å². The quantitative estimate of drug-likeness (QED) is 0.506. The number of fused-ring (bicyclic) bond motifs is 4. The van der Waals surface area contributed by atoms with Crippen LogP contribution >= 0.6 is 15.9 Å². The summed E-state index contributed by atoms with van der Waals surface area (Å²) in [5.74, 6) is 2.50. The molecule has 0 saturated carbocycles. The van der Waals surface area contributed by atoms with Crippen LogP contribution in [0, 0.1) is 0 Å². The monoisotopic (exact) mass is 462 g/mol. The largest absolute Gasteiger partial charge is 0.486 e. The van der Waals surface area contributed by atoms with Crippen molar-refractivity contribution < 1.29 is 14.2 Å². The summed E-state index contributed by atoms with van der Waals surface area (Å²) in [7, 11) is 0. The number of nitrogens with zero attached hydrogens (tertiary/aromatic N) is 2. The van der Waals surface area contributed by atoms with Crippen LogP contribution in [0.2, 0.25) is 0 Å². The lowest BCUT2D eigenvalue weighted by atomic mass is 9.96. The highest BCUT2D eigenvalue weighted by Gasteiger charge is 2.40. The molecule has 3 aromatic carbocycles. The SMILES string of the molecule is Brc1ccc([C@@H]2Oc3ccccc3[C@H]3CC(c4ccc5c(c4)OCCO5)=NN32)cc1. The molecule has 0 fully saturated rings.